The Morgan fingerprint density at radius 1 is 1.09 bits per heavy atom. The lowest BCUT2D eigenvalue weighted by Crippen LogP contribution is -2.18. The minimum absolute atomic E-state index is 0.0683. The van der Waals surface area contributed by atoms with Crippen LogP contribution >= 0.6 is 0 Å². The minimum Gasteiger partial charge on any atom is -0.497 e. The molecular formula is C28H28FNO4. The van der Waals surface area contributed by atoms with Crippen LogP contribution in [0.5, 0.6) is 11.6 Å². The molecule has 34 heavy (non-hydrogen) atoms. The first-order chi connectivity index (χ1) is 16.6. The molecule has 6 heteroatoms. The van der Waals surface area contributed by atoms with Crippen LogP contribution in [0.3, 0.4) is 0 Å². The van der Waals surface area contributed by atoms with Gasteiger partial charge >= 0.3 is 5.97 Å². The topological polar surface area (TPSA) is 57.7 Å². The van der Waals surface area contributed by atoms with Crippen molar-refractivity contribution in [2.24, 2.45) is 5.92 Å². The second-order valence-electron chi connectivity index (χ2n) is 9.04. The zero-order chi connectivity index (χ0) is 23.7. The number of halogens is 1. The van der Waals surface area contributed by atoms with E-state index in [4.69, 9.17) is 19.2 Å². The van der Waals surface area contributed by atoms with Gasteiger partial charge in [0, 0.05) is 22.7 Å². The van der Waals surface area contributed by atoms with E-state index < -0.39 is 0 Å². The molecule has 176 valence electrons. The first-order valence-electron chi connectivity index (χ1n) is 11.7. The Hall–Kier alpha value is -3.41. The van der Waals surface area contributed by atoms with Crippen LogP contribution in [0.2, 0.25) is 0 Å². The van der Waals surface area contributed by atoms with Gasteiger partial charge in [0.25, 0.3) is 0 Å². The summed E-state index contributed by atoms with van der Waals surface area (Å²) in [5, 5.41) is 0. The van der Waals surface area contributed by atoms with Crippen LogP contribution < -0.4 is 9.47 Å². The van der Waals surface area contributed by atoms with E-state index >= 15 is 0 Å². The van der Waals surface area contributed by atoms with Gasteiger partial charge in [-0.05, 0) is 67.0 Å². The zero-order valence-electron chi connectivity index (χ0n) is 19.4. The number of aromatic nitrogens is 1. The Morgan fingerprint density at radius 2 is 1.88 bits per heavy atom. The van der Waals surface area contributed by atoms with E-state index in [1.54, 1.807) is 19.2 Å². The number of methoxy groups -OCH3 is 2. The van der Waals surface area contributed by atoms with E-state index in [0.717, 1.165) is 48.1 Å². The van der Waals surface area contributed by atoms with Crippen molar-refractivity contribution in [2.75, 3.05) is 14.2 Å². The van der Waals surface area contributed by atoms with E-state index in [-0.39, 0.29) is 23.8 Å². The van der Waals surface area contributed by atoms with Crippen LogP contribution in [0.15, 0.2) is 54.6 Å². The summed E-state index contributed by atoms with van der Waals surface area (Å²) in [4.78, 5) is 16.8. The quantitative estimate of drug-likeness (QED) is 0.403. The van der Waals surface area contributed by atoms with Gasteiger partial charge < -0.3 is 14.2 Å². The molecule has 5 nitrogen and oxygen atoms in total. The van der Waals surface area contributed by atoms with Crippen LogP contribution in [-0.4, -0.2) is 25.2 Å². The number of rotatable bonds is 7. The highest BCUT2D eigenvalue weighted by atomic mass is 19.1. The number of ether oxygens (including phenoxy) is 3. The van der Waals surface area contributed by atoms with Crippen LogP contribution in [0, 0.1) is 11.7 Å². The summed E-state index contributed by atoms with van der Waals surface area (Å²) < 4.78 is 30.8. The summed E-state index contributed by atoms with van der Waals surface area (Å²) in [7, 11) is 2.99. The van der Waals surface area contributed by atoms with Gasteiger partial charge in [0.15, 0.2) is 0 Å². The lowest BCUT2D eigenvalue weighted by molar-refractivity contribution is -0.141. The van der Waals surface area contributed by atoms with E-state index in [1.807, 2.05) is 30.3 Å². The molecule has 0 bridgehead atoms. The molecule has 2 heterocycles. The number of hydrogen-bond acceptors (Lipinski definition) is 5. The SMILES string of the molecule is COC(=O)CC(c1ccc2c(n1)OC(c1ccc(-c3cc(OC)ccc3F)cc1)CC2)C1CC1. The van der Waals surface area contributed by atoms with Crippen LogP contribution in [-0.2, 0) is 16.0 Å². The first kappa shape index (κ1) is 22.4. The monoisotopic (exact) mass is 461 g/mol. The third-order valence-electron chi connectivity index (χ3n) is 6.84. The maximum atomic E-state index is 14.4. The predicted octanol–water partition coefficient (Wildman–Crippen LogP) is 6.02. The number of fused-ring (bicyclic) bond motifs is 1. The second kappa shape index (κ2) is 9.45. The normalized spacial score (nSPS) is 17.9. The first-order valence-corrected chi connectivity index (χ1v) is 11.7. The van der Waals surface area contributed by atoms with Crippen LogP contribution in [0.1, 0.15) is 54.5 Å². The van der Waals surface area contributed by atoms with Crippen LogP contribution in [0.4, 0.5) is 4.39 Å². The number of esters is 1. The fourth-order valence-electron chi connectivity index (χ4n) is 4.70. The van der Waals surface area contributed by atoms with Gasteiger partial charge in [0.1, 0.15) is 17.7 Å². The number of aryl methyl sites for hydroxylation is 1. The summed E-state index contributed by atoms with van der Waals surface area (Å²) in [6, 6.07) is 16.6. The van der Waals surface area contributed by atoms with Gasteiger partial charge in [-0.25, -0.2) is 9.37 Å². The number of pyridine rings is 1. The van der Waals surface area contributed by atoms with Gasteiger partial charge in [0.05, 0.1) is 20.6 Å². The van der Waals surface area contributed by atoms with Crippen molar-refractivity contribution in [3.63, 3.8) is 0 Å². The van der Waals surface area contributed by atoms with Gasteiger partial charge in [0.2, 0.25) is 5.88 Å². The Morgan fingerprint density at radius 3 is 2.59 bits per heavy atom. The summed E-state index contributed by atoms with van der Waals surface area (Å²) in [6.07, 6.45) is 4.16. The largest absolute Gasteiger partial charge is 0.497 e. The fraction of sp³-hybridized carbons (Fsp3) is 0.357. The third-order valence-corrected chi connectivity index (χ3v) is 6.84. The van der Waals surface area contributed by atoms with E-state index in [2.05, 4.69) is 6.07 Å². The molecule has 2 atom stereocenters. The second-order valence-corrected chi connectivity index (χ2v) is 9.04. The highest BCUT2D eigenvalue weighted by Crippen LogP contribution is 2.45. The maximum absolute atomic E-state index is 14.4. The molecule has 1 aliphatic heterocycles. The molecule has 1 aliphatic carbocycles. The van der Waals surface area contributed by atoms with Crippen molar-refractivity contribution in [2.45, 2.75) is 44.1 Å². The van der Waals surface area contributed by atoms with Crippen molar-refractivity contribution in [1.82, 2.24) is 4.98 Å². The van der Waals surface area contributed by atoms with Gasteiger partial charge in [-0.2, -0.15) is 0 Å². The summed E-state index contributed by atoms with van der Waals surface area (Å²) in [6.45, 7) is 0. The number of nitrogens with zero attached hydrogens (tertiary/aromatic N) is 1. The average molecular weight is 462 g/mol. The highest BCUT2D eigenvalue weighted by molar-refractivity contribution is 5.70. The smallest absolute Gasteiger partial charge is 0.306 e. The molecule has 1 saturated carbocycles. The lowest BCUT2D eigenvalue weighted by Gasteiger charge is -2.27. The standard InChI is InChI=1S/C28H28FNO4/c1-32-21-11-12-24(29)22(15-21)17-5-7-19(8-6-17)26-14-10-20-9-13-25(30-28(20)34-26)23(18-3-4-18)16-27(31)33-2/h5-9,11-13,15,18,23,26H,3-4,10,14,16H2,1-2H3. The van der Waals surface area contributed by atoms with E-state index in [1.165, 1.54) is 13.2 Å². The molecule has 0 amide bonds. The number of carbonyl (C=O) groups is 1. The van der Waals surface area contributed by atoms with Crippen molar-refractivity contribution in [3.05, 3.63) is 77.2 Å². The highest BCUT2D eigenvalue weighted by Gasteiger charge is 2.36. The molecule has 2 aliphatic rings. The molecule has 1 fully saturated rings. The van der Waals surface area contributed by atoms with Crippen molar-refractivity contribution in [1.29, 1.82) is 0 Å². The summed E-state index contributed by atoms with van der Waals surface area (Å²) in [5.74, 6) is 1.32. The Bertz CT molecular complexity index is 1190. The van der Waals surface area contributed by atoms with Crippen molar-refractivity contribution in [3.8, 4) is 22.8 Å². The number of hydrogen-bond donors (Lipinski definition) is 0. The lowest BCUT2D eigenvalue weighted by atomic mass is 9.93. The molecule has 2 aromatic carbocycles. The van der Waals surface area contributed by atoms with Gasteiger partial charge in [-0.1, -0.05) is 30.3 Å². The molecule has 0 saturated heterocycles. The zero-order valence-corrected chi connectivity index (χ0v) is 19.4. The fourth-order valence-corrected chi connectivity index (χ4v) is 4.70. The Labute approximate surface area is 198 Å². The molecule has 0 radical (unpaired) electrons. The molecule has 0 spiro atoms. The van der Waals surface area contributed by atoms with Crippen molar-refractivity contribution < 1.29 is 23.4 Å². The Kier molecular flexibility index (Phi) is 6.22. The van der Waals surface area contributed by atoms with E-state index in [9.17, 15) is 9.18 Å². The minimum atomic E-state index is -0.287. The summed E-state index contributed by atoms with van der Waals surface area (Å²) >= 11 is 0. The number of benzene rings is 2. The van der Waals surface area contributed by atoms with Gasteiger partial charge in [-0.3, -0.25) is 4.79 Å². The Balaban J connectivity index is 1.35. The van der Waals surface area contributed by atoms with E-state index in [0.29, 0.717) is 29.5 Å². The molecule has 5 rings (SSSR count). The number of carbonyl (C=O) groups excluding carboxylic acids is 1. The molecule has 3 aromatic rings. The molecular weight excluding hydrogens is 433 g/mol. The van der Waals surface area contributed by atoms with Crippen molar-refractivity contribution >= 4 is 5.97 Å². The third kappa shape index (κ3) is 4.63. The molecule has 1 aromatic heterocycles. The van der Waals surface area contributed by atoms with Gasteiger partial charge in [-0.15, -0.1) is 0 Å². The summed E-state index contributed by atoms with van der Waals surface area (Å²) in [5.41, 5.74) is 4.30. The average Bonchev–Trinajstić information content (AvgIpc) is 3.72. The maximum Gasteiger partial charge on any atom is 0.306 e. The molecule has 2 unspecified atom stereocenters. The van der Waals surface area contributed by atoms with Crippen LogP contribution in [0.25, 0.3) is 11.1 Å². The molecule has 0 N–H and O–H groups in total. The predicted molar refractivity (Wildman–Crippen MR) is 126 cm³/mol.